The summed E-state index contributed by atoms with van der Waals surface area (Å²) >= 11 is 1.94. The molecular weight excluding hydrogens is 194 g/mol. The first-order chi connectivity index (χ1) is 6.91. The monoisotopic (exact) mass is 219 g/mol. The Balaban J connectivity index is 2.78. The first-order valence-corrected chi connectivity index (χ1v) is 7.08. The van der Waals surface area contributed by atoms with Crippen molar-refractivity contribution in [2.75, 3.05) is 38.3 Å². The number of hydrogen-bond donors (Lipinski definition) is 1. The zero-order chi connectivity index (χ0) is 10.5. The Morgan fingerprint density at radius 2 is 1.93 bits per heavy atom. The van der Waals surface area contributed by atoms with Gasteiger partial charge in [-0.1, -0.05) is 13.3 Å². The van der Waals surface area contributed by atoms with Gasteiger partial charge in [-0.2, -0.15) is 11.8 Å². The molecule has 0 fully saturated rings. The second-order valence-electron chi connectivity index (χ2n) is 3.42. The van der Waals surface area contributed by atoms with Gasteiger partial charge in [0.1, 0.15) is 0 Å². The highest BCUT2D eigenvalue weighted by Gasteiger charge is 1.90. The molecule has 0 amide bonds. The van der Waals surface area contributed by atoms with E-state index in [1.807, 2.05) is 11.8 Å². The van der Waals surface area contributed by atoms with E-state index in [0.29, 0.717) is 0 Å². The molecule has 1 N–H and O–H groups in total. The van der Waals surface area contributed by atoms with Crippen LogP contribution >= 0.6 is 11.8 Å². The smallest absolute Gasteiger partial charge is 0.0590 e. The Hall–Kier alpha value is 0.270. The van der Waals surface area contributed by atoms with E-state index in [-0.39, 0.29) is 0 Å². The average molecular weight is 219 g/mol. The van der Waals surface area contributed by atoms with E-state index in [2.05, 4.69) is 18.5 Å². The van der Waals surface area contributed by atoms with Crippen molar-refractivity contribution in [3.8, 4) is 0 Å². The van der Waals surface area contributed by atoms with Gasteiger partial charge in [0.15, 0.2) is 0 Å². The van der Waals surface area contributed by atoms with Gasteiger partial charge in [-0.25, -0.2) is 0 Å². The van der Waals surface area contributed by atoms with E-state index in [9.17, 15) is 0 Å². The normalized spacial score (nSPS) is 10.7. The summed E-state index contributed by atoms with van der Waals surface area (Å²) in [6.45, 7) is 6.04. The molecule has 0 saturated carbocycles. The minimum atomic E-state index is 0.860. The number of hydrogen-bond acceptors (Lipinski definition) is 3. The summed E-state index contributed by atoms with van der Waals surface area (Å²) in [5, 5.41) is 3.39. The van der Waals surface area contributed by atoms with Gasteiger partial charge in [0.05, 0.1) is 6.61 Å². The van der Waals surface area contributed by atoms with E-state index in [4.69, 9.17) is 4.74 Å². The molecule has 0 spiro atoms. The standard InChI is InChI=1S/C11H25NOS/c1-3-9-13-10-8-12-7-5-4-6-11-14-2/h12H,3-11H2,1-2H3. The van der Waals surface area contributed by atoms with Gasteiger partial charge >= 0.3 is 0 Å². The van der Waals surface area contributed by atoms with Crippen LogP contribution < -0.4 is 5.32 Å². The molecule has 0 unspecified atom stereocenters. The summed E-state index contributed by atoms with van der Waals surface area (Å²) in [7, 11) is 0. The quantitative estimate of drug-likeness (QED) is 0.540. The lowest BCUT2D eigenvalue weighted by Crippen LogP contribution is -2.21. The summed E-state index contributed by atoms with van der Waals surface area (Å²) in [5.74, 6) is 1.31. The second-order valence-corrected chi connectivity index (χ2v) is 4.40. The zero-order valence-corrected chi connectivity index (χ0v) is 10.5. The predicted molar refractivity (Wildman–Crippen MR) is 66.2 cm³/mol. The van der Waals surface area contributed by atoms with Crippen molar-refractivity contribution in [1.82, 2.24) is 5.32 Å². The minimum Gasteiger partial charge on any atom is -0.380 e. The molecule has 0 saturated heterocycles. The van der Waals surface area contributed by atoms with Crippen LogP contribution in [0.4, 0.5) is 0 Å². The Labute approximate surface area is 93.2 Å². The maximum atomic E-state index is 5.36. The summed E-state index contributed by atoms with van der Waals surface area (Å²) in [6, 6.07) is 0. The fourth-order valence-electron chi connectivity index (χ4n) is 1.19. The third-order valence-electron chi connectivity index (χ3n) is 1.97. The van der Waals surface area contributed by atoms with Gasteiger partial charge in [-0.3, -0.25) is 0 Å². The third kappa shape index (κ3) is 12.3. The summed E-state index contributed by atoms with van der Waals surface area (Å²) in [4.78, 5) is 0. The summed E-state index contributed by atoms with van der Waals surface area (Å²) in [5.41, 5.74) is 0. The Bertz CT molecular complexity index is 89.3. The Morgan fingerprint density at radius 1 is 1.07 bits per heavy atom. The summed E-state index contributed by atoms with van der Waals surface area (Å²) < 4.78 is 5.36. The molecule has 0 bridgehead atoms. The van der Waals surface area contributed by atoms with Crippen molar-refractivity contribution >= 4 is 11.8 Å². The van der Waals surface area contributed by atoms with Gasteiger partial charge < -0.3 is 10.1 Å². The number of ether oxygens (including phenoxy) is 1. The van der Waals surface area contributed by atoms with Crippen LogP contribution in [0, 0.1) is 0 Å². The molecule has 14 heavy (non-hydrogen) atoms. The largest absolute Gasteiger partial charge is 0.380 e. The SMILES string of the molecule is CCCOCCNCCCCCSC. The topological polar surface area (TPSA) is 21.3 Å². The van der Waals surface area contributed by atoms with Crippen LogP contribution in [0.5, 0.6) is 0 Å². The Kier molecular flexibility index (Phi) is 13.5. The van der Waals surface area contributed by atoms with E-state index in [0.717, 1.165) is 32.7 Å². The molecule has 0 aromatic carbocycles. The first kappa shape index (κ1) is 14.3. The molecule has 0 atom stereocenters. The first-order valence-electron chi connectivity index (χ1n) is 5.69. The summed E-state index contributed by atoms with van der Waals surface area (Å²) in [6.07, 6.45) is 7.30. The third-order valence-corrected chi connectivity index (χ3v) is 2.67. The lowest BCUT2D eigenvalue weighted by atomic mass is 10.2. The lowest BCUT2D eigenvalue weighted by Gasteiger charge is -2.04. The molecule has 86 valence electrons. The fourth-order valence-corrected chi connectivity index (χ4v) is 1.68. The molecule has 0 aliphatic carbocycles. The van der Waals surface area contributed by atoms with Crippen LogP contribution in [0.15, 0.2) is 0 Å². The van der Waals surface area contributed by atoms with Crippen LogP contribution in [-0.4, -0.2) is 38.3 Å². The van der Waals surface area contributed by atoms with E-state index < -0.39 is 0 Å². The van der Waals surface area contributed by atoms with Crippen LogP contribution in [0.25, 0.3) is 0 Å². The molecule has 0 rings (SSSR count). The van der Waals surface area contributed by atoms with Gasteiger partial charge in [0.2, 0.25) is 0 Å². The van der Waals surface area contributed by atoms with Crippen LogP contribution in [-0.2, 0) is 4.74 Å². The predicted octanol–water partition coefficient (Wildman–Crippen LogP) is 2.54. The van der Waals surface area contributed by atoms with Crippen LogP contribution in [0.1, 0.15) is 32.6 Å². The number of unbranched alkanes of at least 4 members (excludes halogenated alkanes) is 2. The van der Waals surface area contributed by atoms with Gasteiger partial charge in [0, 0.05) is 13.2 Å². The highest BCUT2D eigenvalue weighted by atomic mass is 32.2. The second kappa shape index (κ2) is 13.3. The van der Waals surface area contributed by atoms with Crippen molar-refractivity contribution in [2.45, 2.75) is 32.6 Å². The minimum absolute atomic E-state index is 0.860. The molecular formula is C11H25NOS. The lowest BCUT2D eigenvalue weighted by molar-refractivity contribution is 0.136. The van der Waals surface area contributed by atoms with Crippen molar-refractivity contribution in [3.63, 3.8) is 0 Å². The molecule has 0 aromatic rings. The molecule has 3 heteroatoms. The van der Waals surface area contributed by atoms with Gasteiger partial charge in [-0.05, 0) is 37.8 Å². The highest BCUT2D eigenvalue weighted by molar-refractivity contribution is 7.98. The fraction of sp³-hybridized carbons (Fsp3) is 1.00. The molecule has 0 aliphatic heterocycles. The molecule has 0 aromatic heterocycles. The van der Waals surface area contributed by atoms with Crippen molar-refractivity contribution in [3.05, 3.63) is 0 Å². The maximum Gasteiger partial charge on any atom is 0.0590 e. The van der Waals surface area contributed by atoms with Crippen molar-refractivity contribution in [2.24, 2.45) is 0 Å². The average Bonchev–Trinajstić information content (AvgIpc) is 2.21. The van der Waals surface area contributed by atoms with E-state index >= 15 is 0 Å². The number of thioether (sulfide) groups is 1. The van der Waals surface area contributed by atoms with Gasteiger partial charge in [0.25, 0.3) is 0 Å². The zero-order valence-electron chi connectivity index (χ0n) is 9.68. The van der Waals surface area contributed by atoms with E-state index in [1.165, 1.54) is 25.0 Å². The molecule has 0 heterocycles. The number of nitrogens with one attached hydrogen (secondary N) is 1. The van der Waals surface area contributed by atoms with Crippen LogP contribution in [0.3, 0.4) is 0 Å². The number of rotatable bonds is 11. The molecule has 0 radical (unpaired) electrons. The Morgan fingerprint density at radius 3 is 2.64 bits per heavy atom. The van der Waals surface area contributed by atoms with Crippen LogP contribution in [0.2, 0.25) is 0 Å². The molecule has 2 nitrogen and oxygen atoms in total. The van der Waals surface area contributed by atoms with E-state index in [1.54, 1.807) is 0 Å². The van der Waals surface area contributed by atoms with Crippen molar-refractivity contribution < 1.29 is 4.74 Å². The maximum absolute atomic E-state index is 5.36. The van der Waals surface area contributed by atoms with Crippen molar-refractivity contribution in [1.29, 1.82) is 0 Å². The highest BCUT2D eigenvalue weighted by Crippen LogP contribution is 2.00. The van der Waals surface area contributed by atoms with Gasteiger partial charge in [-0.15, -0.1) is 0 Å². The molecule has 0 aliphatic rings.